The number of urea groups is 1. The van der Waals surface area contributed by atoms with E-state index in [1.807, 2.05) is 6.07 Å². The van der Waals surface area contributed by atoms with Gasteiger partial charge in [0.15, 0.2) is 23.1 Å². The van der Waals surface area contributed by atoms with Crippen LogP contribution in [0, 0.1) is 11.6 Å². The second-order valence-corrected chi connectivity index (χ2v) is 8.17. The molecule has 6 nitrogen and oxygen atoms in total. The molecule has 6 rings (SSSR count). The standard InChI is InChI=1S/C24H15F4N3O3/c25-17-7-15-16(9-30-19(15)8-18(17)26)22-14-3-1-11(5-13(14)10-31(22)23(29)32)12-2-4-20-21(6-12)34-24(27,28)33-20/h1-9,22,30H,10H2,(H2,29,32). The lowest BCUT2D eigenvalue weighted by Gasteiger charge is -2.23. The lowest BCUT2D eigenvalue weighted by atomic mass is 9.94. The fourth-order valence-corrected chi connectivity index (χ4v) is 4.67. The fourth-order valence-electron chi connectivity index (χ4n) is 4.67. The number of benzene rings is 3. The number of fused-ring (bicyclic) bond motifs is 3. The number of ether oxygens (including phenoxy) is 2. The molecule has 4 aromatic rings. The van der Waals surface area contributed by atoms with Crippen molar-refractivity contribution in [3.8, 4) is 22.6 Å². The molecule has 2 aliphatic rings. The summed E-state index contributed by atoms with van der Waals surface area (Å²) in [6.07, 6.45) is -2.11. The normalized spacial score (nSPS) is 17.9. The Bertz CT molecular complexity index is 1500. The third-order valence-electron chi connectivity index (χ3n) is 6.16. The first-order valence-electron chi connectivity index (χ1n) is 10.3. The molecule has 2 amide bonds. The Hall–Kier alpha value is -4.21. The molecule has 1 atom stereocenters. The number of carbonyl (C=O) groups is 1. The van der Waals surface area contributed by atoms with Crippen LogP contribution in [0.15, 0.2) is 54.7 Å². The van der Waals surface area contributed by atoms with Crippen LogP contribution < -0.4 is 15.2 Å². The zero-order valence-corrected chi connectivity index (χ0v) is 17.2. The first-order valence-corrected chi connectivity index (χ1v) is 10.3. The number of nitrogens with one attached hydrogen (secondary N) is 1. The van der Waals surface area contributed by atoms with Gasteiger partial charge in [-0.15, -0.1) is 8.78 Å². The van der Waals surface area contributed by atoms with Gasteiger partial charge in [-0.3, -0.25) is 0 Å². The number of aromatic amines is 1. The number of rotatable bonds is 2. The van der Waals surface area contributed by atoms with Crippen molar-refractivity contribution in [2.45, 2.75) is 18.9 Å². The van der Waals surface area contributed by atoms with Gasteiger partial charge < -0.3 is 25.1 Å². The maximum atomic E-state index is 14.0. The maximum absolute atomic E-state index is 14.0. The number of halogens is 4. The smallest absolute Gasteiger partial charge is 0.395 e. The zero-order chi connectivity index (χ0) is 23.8. The molecular weight excluding hydrogens is 454 g/mol. The van der Waals surface area contributed by atoms with Crippen molar-refractivity contribution in [1.29, 1.82) is 0 Å². The zero-order valence-electron chi connectivity index (χ0n) is 17.2. The Kier molecular flexibility index (Phi) is 4.14. The van der Waals surface area contributed by atoms with Gasteiger partial charge in [0, 0.05) is 35.3 Å². The van der Waals surface area contributed by atoms with E-state index in [9.17, 15) is 22.4 Å². The molecule has 3 N–H and O–H groups in total. The minimum Gasteiger partial charge on any atom is -0.395 e. The average Bonchev–Trinajstić information content (AvgIpc) is 3.44. The quantitative estimate of drug-likeness (QED) is 0.385. The van der Waals surface area contributed by atoms with Crippen molar-refractivity contribution in [3.63, 3.8) is 0 Å². The second-order valence-electron chi connectivity index (χ2n) is 8.17. The van der Waals surface area contributed by atoms with Crippen LogP contribution in [0.4, 0.5) is 22.4 Å². The molecule has 0 saturated carbocycles. The van der Waals surface area contributed by atoms with Crippen LogP contribution in [0.3, 0.4) is 0 Å². The van der Waals surface area contributed by atoms with Crippen molar-refractivity contribution in [1.82, 2.24) is 9.88 Å². The lowest BCUT2D eigenvalue weighted by Crippen LogP contribution is -2.34. The van der Waals surface area contributed by atoms with E-state index in [4.69, 9.17) is 5.73 Å². The highest BCUT2D eigenvalue weighted by Gasteiger charge is 2.43. The Balaban J connectivity index is 1.43. The molecule has 1 aromatic heterocycles. The fraction of sp³-hybridized carbons (Fsp3) is 0.125. The highest BCUT2D eigenvalue weighted by Crippen LogP contribution is 2.45. The molecule has 172 valence electrons. The highest BCUT2D eigenvalue weighted by molar-refractivity contribution is 5.86. The summed E-state index contributed by atoms with van der Waals surface area (Å²) in [5.74, 6) is -2.11. The topological polar surface area (TPSA) is 80.6 Å². The van der Waals surface area contributed by atoms with Crippen LogP contribution in [0.2, 0.25) is 0 Å². The number of hydrogen-bond acceptors (Lipinski definition) is 3. The SMILES string of the molecule is NC(=O)N1Cc2cc(-c3ccc4c(c3)OC(F)(F)O4)ccc2C1c1c[nH]c2cc(F)c(F)cc12. The third kappa shape index (κ3) is 3.06. The van der Waals surface area contributed by atoms with Crippen LogP contribution in [0.5, 0.6) is 11.5 Å². The van der Waals surface area contributed by atoms with Gasteiger partial charge in [-0.25, -0.2) is 13.6 Å². The summed E-state index contributed by atoms with van der Waals surface area (Å²) in [6.45, 7) is 0.183. The first-order chi connectivity index (χ1) is 16.2. The Morgan fingerprint density at radius 2 is 1.68 bits per heavy atom. The lowest BCUT2D eigenvalue weighted by molar-refractivity contribution is -0.286. The van der Waals surface area contributed by atoms with Crippen molar-refractivity contribution in [2.75, 3.05) is 0 Å². The van der Waals surface area contributed by atoms with Crippen LogP contribution >= 0.6 is 0 Å². The number of nitrogens with zero attached hydrogens (tertiary/aromatic N) is 1. The Morgan fingerprint density at radius 1 is 0.971 bits per heavy atom. The minimum atomic E-state index is -3.71. The van der Waals surface area contributed by atoms with Gasteiger partial charge in [-0.1, -0.05) is 18.2 Å². The second kappa shape index (κ2) is 6.89. The number of H-pyrrole nitrogens is 1. The molecule has 3 heterocycles. The first kappa shape index (κ1) is 20.4. The van der Waals surface area contributed by atoms with Crippen LogP contribution in [-0.4, -0.2) is 22.2 Å². The number of hydrogen-bond donors (Lipinski definition) is 2. The van der Waals surface area contributed by atoms with E-state index in [0.29, 0.717) is 27.6 Å². The van der Waals surface area contributed by atoms with Gasteiger partial charge in [-0.05, 0) is 46.5 Å². The molecule has 10 heteroatoms. The molecule has 0 aliphatic carbocycles. The highest BCUT2D eigenvalue weighted by atomic mass is 19.3. The third-order valence-corrected chi connectivity index (χ3v) is 6.16. The molecule has 2 aliphatic heterocycles. The minimum absolute atomic E-state index is 0.0575. The van der Waals surface area contributed by atoms with Crippen molar-refractivity contribution in [3.05, 3.63) is 83.1 Å². The molecule has 0 fully saturated rings. The molecule has 0 saturated heterocycles. The summed E-state index contributed by atoms with van der Waals surface area (Å²) in [7, 11) is 0. The number of primary amides is 1. The predicted octanol–water partition coefficient (Wildman–Crippen LogP) is 5.42. The molecular formula is C24H15F4N3O3. The van der Waals surface area contributed by atoms with Gasteiger partial charge in [0.25, 0.3) is 0 Å². The van der Waals surface area contributed by atoms with Gasteiger partial charge in [0.1, 0.15) is 0 Å². The molecule has 3 aromatic carbocycles. The molecule has 34 heavy (non-hydrogen) atoms. The summed E-state index contributed by atoms with van der Waals surface area (Å²) in [5.41, 5.74) is 9.47. The summed E-state index contributed by atoms with van der Waals surface area (Å²) in [4.78, 5) is 16.6. The van der Waals surface area contributed by atoms with E-state index in [0.717, 1.165) is 23.3 Å². The van der Waals surface area contributed by atoms with E-state index in [1.54, 1.807) is 24.4 Å². The van der Waals surface area contributed by atoms with Crippen molar-refractivity contribution >= 4 is 16.9 Å². The monoisotopic (exact) mass is 469 g/mol. The van der Waals surface area contributed by atoms with E-state index in [-0.39, 0.29) is 18.0 Å². The summed E-state index contributed by atoms with van der Waals surface area (Å²) in [5, 5.41) is 0.434. The van der Waals surface area contributed by atoms with Crippen LogP contribution in [-0.2, 0) is 6.54 Å². The largest absolute Gasteiger partial charge is 0.586 e. The van der Waals surface area contributed by atoms with E-state index < -0.39 is 30.0 Å². The van der Waals surface area contributed by atoms with E-state index >= 15 is 0 Å². The number of alkyl halides is 2. The summed E-state index contributed by atoms with van der Waals surface area (Å²) in [6, 6.07) is 10.7. The van der Waals surface area contributed by atoms with Crippen LogP contribution in [0.1, 0.15) is 22.7 Å². The van der Waals surface area contributed by atoms with Crippen molar-refractivity contribution in [2.24, 2.45) is 5.73 Å². The van der Waals surface area contributed by atoms with E-state index in [1.165, 1.54) is 17.0 Å². The van der Waals surface area contributed by atoms with Crippen LogP contribution in [0.25, 0.3) is 22.0 Å². The number of nitrogens with two attached hydrogens (primary N) is 1. The number of amides is 2. The number of carbonyl (C=O) groups excluding carboxylic acids is 1. The Labute approximate surface area is 189 Å². The van der Waals surface area contributed by atoms with E-state index in [2.05, 4.69) is 14.5 Å². The van der Waals surface area contributed by atoms with Crippen molar-refractivity contribution < 1.29 is 31.8 Å². The molecule has 0 radical (unpaired) electrons. The van der Waals surface area contributed by atoms with Gasteiger partial charge >= 0.3 is 12.3 Å². The molecule has 0 spiro atoms. The summed E-state index contributed by atoms with van der Waals surface area (Å²) < 4.78 is 63.3. The van der Waals surface area contributed by atoms with Gasteiger partial charge in [0.2, 0.25) is 0 Å². The summed E-state index contributed by atoms with van der Waals surface area (Å²) >= 11 is 0. The number of aromatic nitrogens is 1. The van der Waals surface area contributed by atoms with Gasteiger partial charge in [-0.2, -0.15) is 0 Å². The molecule has 0 bridgehead atoms. The predicted molar refractivity (Wildman–Crippen MR) is 113 cm³/mol. The maximum Gasteiger partial charge on any atom is 0.586 e. The molecule has 1 unspecified atom stereocenters. The van der Waals surface area contributed by atoms with Gasteiger partial charge in [0.05, 0.1) is 6.04 Å². The average molecular weight is 469 g/mol. The Morgan fingerprint density at radius 3 is 2.47 bits per heavy atom.